The number of benzene rings is 1. The van der Waals surface area contributed by atoms with Gasteiger partial charge in [-0.25, -0.2) is 8.42 Å². The number of rotatable bonds is 2. The molecule has 104 valence electrons. The summed E-state index contributed by atoms with van der Waals surface area (Å²) in [5, 5.41) is 0. The molecule has 0 radical (unpaired) electrons. The first-order valence-electron chi connectivity index (χ1n) is 5.82. The summed E-state index contributed by atoms with van der Waals surface area (Å²) in [7, 11) is 1.47. The molecule has 1 fully saturated rings. The van der Waals surface area contributed by atoms with Crippen molar-refractivity contribution in [3.8, 4) is 0 Å². The summed E-state index contributed by atoms with van der Waals surface area (Å²) in [5.74, 6) is 0.307. The van der Waals surface area contributed by atoms with E-state index in [-0.39, 0.29) is 10.8 Å². The van der Waals surface area contributed by atoms with Crippen molar-refractivity contribution in [2.45, 2.75) is 18.2 Å². The van der Waals surface area contributed by atoms with Gasteiger partial charge in [0.05, 0.1) is 10.5 Å². The highest BCUT2D eigenvalue weighted by Crippen LogP contribution is 2.26. The fraction of sp³-hybridized carbons (Fsp3) is 0.417. The van der Waals surface area contributed by atoms with Crippen LogP contribution in [0.5, 0.6) is 0 Å². The fourth-order valence-electron chi connectivity index (χ4n) is 2.11. The van der Waals surface area contributed by atoms with Crippen LogP contribution in [0.25, 0.3) is 0 Å². The van der Waals surface area contributed by atoms with Crippen LogP contribution in [0.4, 0.5) is 0 Å². The van der Waals surface area contributed by atoms with Gasteiger partial charge in [-0.05, 0) is 46.5 Å². The second kappa shape index (κ2) is 5.42. The van der Waals surface area contributed by atoms with Gasteiger partial charge >= 0.3 is 0 Å². The molecule has 1 atom stereocenters. The number of nitrogens with zero attached hydrogens (tertiary/aromatic N) is 1. The maximum absolute atomic E-state index is 12.4. The van der Waals surface area contributed by atoms with E-state index in [9.17, 15) is 13.2 Å². The Bertz CT molecular complexity index is 617. The molecule has 1 aliphatic heterocycles. The van der Waals surface area contributed by atoms with Crippen LogP contribution in [0.1, 0.15) is 23.7 Å². The lowest BCUT2D eigenvalue weighted by atomic mass is 10.2. The summed E-state index contributed by atoms with van der Waals surface area (Å²) in [6.07, 6.45) is 0.969. The van der Waals surface area contributed by atoms with E-state index < -0.39 is 9.05 Å². The Morgan fingerprint density at radius 1 is 1.47 bits per heavy atom. The molecule has 7 heteroatoms. The Hall–Kier alpha value is -0.590. The molecule has 1 heterocycles. The van der Waals surface area contributed by atoms with Crippen LogP contribution in [-0.4, -0.2) is 32.3 Å². The van der Waals surface area contributed by atoms with Crippen LogP contribution in [0.3, 0.4) is 0 Å². The number of hydrogen-bond donors (Lipinski definition) is 0. The third-order valence-electron chi connectivity index (χ3n) is 3.16. The number of halogens is 2. The third-order valence-corrected chi connectivity index (χ3v) is 5.20. The van der Waals surface area contributed by atoms with Crippen molar-refractivity contribution in [3.05, 3.63) is 28.2 Å². The van der Waals surface area contributed by atoms with Gasteiger partial charge in [0, 0.05) is 28.2 Å². The van der Waals surface area contributed by atoms with E-state index in [1.165, 1.54) is 18.2 Å². The predicted molar refractivity (Wildman–Crippen MR) is 76.9 cm³/mol. The lowest BCUT2D eigenvalue weighted by Gasteiger charge is -2.17. The first-order chi connectivity index (χ1) is 8.79. The Morgan fingerprint density at radius 3 is 2.68 bits per heavy atom. The molecular weight excluding hydrogens is 354 g/mol. The zero-order valence-corrected chi connectivity index (χ0v) is 13.4. The highest BCUT2D eigenvalue weighted by atomic mass is 79.9. The molecule has 1 aliphatic rings. The van der Waals surface area contributed by atoms with E-state index in [2.05, 4.69) is 22.9 Å². The minimum atomic E-state index is -3.83. The summed E-state index contributed by atoms with van der Waals surface area (Å²) < 4.78 is 23.2. The first kappa shape index (κ1) is 14.8. The standard InChI is InChI=1S/C12H13BrClNO3S/c1-8-4-5-15(7-8)12(16)10-6-9(19(14,17)18)2-3-11(10)13/h2-3,6,8H,4-5,7H2,1H3. The van der Waals surface area contributed by atoms with E-state index in [0.29, 0.717) is 29.0 Å². The second-order valence-corrected chi connectivity index (χ2v) is 8.14. The van der Waals surface area contributed by atoms with Crippen molar-refractivity contribution in [1.29, 1.82) is 0 Å². The quantitative estimate of drug-likeness (QED) is 0.756. The third kappa shape index (κ3) is 3.30. The molecule has 0 spiro atoms. The largest absolute Gasteiger partial charge is 0.338 e. The number of carbonyl (C=O) groups is 1. The van der Waals surface area contributed by atoms with Crippen LogP contribution < -0.4 is 0 Å². The summed E-state index contributed by atoms with van der Waals surface area (Å²) in [5.41, 5.74) is 0.329. The normalized spacial score (nSPS) is 19.7. The highest BCUT2D eigenvalue weighted by molar-refractivity contribution is 9.10. The number of likely N-dealkylation sites (tertiary alicyclic amines) is 1. The average molecular weight is 367 g/mol. The van der Waals surface area contributed by atoms with Crippen molar-refractivity contribution in [2.75, 3.05) is 13.1 Å². The average Bonchev–Trinajstić information content (AvgIpc) is 2.74. The van der Waals surface area contributed by atoms with Crippen molar-refractivity contribution < 1.29 is 13.2 Å². The molecular formula is C12H13BrClNO3S. The van der Waals surface area contributed by atoms with Gasteiger partial charge in [0.25, 0.3) is 15.0 Å². The van der Waals surface area contributed by atoms with Crippen LogP contribution in [0.15, 0.2) is 27.6 Å². The maximum Gasteiger partial charge on any atom is 0.261 e. The van der Waals surface area contributed by atoms with Gasteiger partial charge in [-0.2, -0.15) is 0 Å². The zero-order valence-electron chi connectivity index (χ0n) is 10.3. The SMILES string of the molecule is CC1CCN(C(=O)c2cc(S(=O)(=O)Cl)ccc2Br)C1. The fourth-order valence-corrected chi connectivity index (χ4v) is 3.30. The molecule has 0 bridgehead atoms. The Morgan fingerprint density at radius 2 is 2.16 bits per heavy atom. The van der Waals surface area contributed by atoms with Gasteiger partial charge in [0.1, 0.15) is 0 Å². The molecule has 0 N–H and O–H groups in total. The summed E-state index contributed by atoms with van der Waals surface area (Å²) in [6.45, 7) is 3.48. The highest BCUT2D eigenvalue weighted by Gasteiger charge is 2.26. The summed E-state index contributed by atoms with van der Waals surface area (Å²) in [4.78, 5) is 14.0. The number of amides is 1. The molecule has 1 unspecified atom stereocenters. The topological polar surface area (TPSA) is 54.5 Å². The first-order valence-corrected chi connectivity index (χ1v) is 8.93. The maximum atomic E-state index is 12.4. The monoisotopic (exact) mass is 365 g/mol. The van der Waals surface area contributed by atoms with Crippen molar-refractivity contribution in [1.82, 2.24) is 4.90 Å². The second-order valence-electron chi connectivity index (χ2n) is 4.72. The predicted octanol–water partition coefficient (Wildman–Crippen LogP) is 2.86. The van der Waals surface area contributed by atoms with Crippen molar-refractivity contribution >= 4 is 41.6 Å². The molecule has 1 aromatic carbocycles. The molecule has 4 nitrogen and oxygen atoms in total. The molecule has 0 aliphatic carbocycles. The van der Waals surface area contributed by atoms with Gasteiger partial charge in [-0.15, -0.1) is 0 Å². The molecule has 0 aromatic heterocycles. The lowest BCUT2D eigenvalue weighted by Crippen LogP contribution is -2.28. The van der Waals surface area contributed by atoms with Gasteiger partial charge in [-0.3, -0.25) is 4.79 Å². The molecule has 2 rings (SSSR count). The lowest BCUT2D eigenvalue weighted by molar-refractivity contribution is 0.0787. The minimum absolute atomic E-state index is 0.0621. The Balaban J connectivity index is 2.36. The van der Waals surface area contributed by atoms with E-state index >= 15 is 0 Å². The van der Waals surface area contributed by atoms with Crippen LogP contribution in [0.2, 0.25) is 0 Å². The van der Waals surface area contributed by atoms with Gasteiger partial charge in [0.2, 0.25) is 0 Å². The Labute approximate surface area is 125 Å². The van der Waals surface area contributed by atoms with Crippen LogP contribution in [0, 0.1) is 5.92 Å². The molecule has 0 saturated carbocycles. The zero-order chi connectivity index (χ0) is 14.2. The summed E-state index contributed by atoms with van der Waals surface area (Å²) in [6, 6.07) is 4.22. The van der Waals surface area contributed by atoms with Crippen LogP contribution in [-0.2, 0) is 9.05 Å². The van der Waals surface area contributed by atoms with Crippen molar-refractivity contribution in [2.24, 2.45) is 5.92 Å². The van der Waals surface area contributed by atoms with Gasteiger partial charge in [-0.1, -0.05) is 6.92 Å². The Kier molecular flexibility index (Phi) is 4.23. The minimum Gasteiger partial charge on any atom is -0.338 e. The van der Waals surface area contributed by atoms with E-state index in [1.807, 2.05) is 0 Å². The van der Waals surface area contributed by atoms with Gasteiger partial charge in [0.15, 0.2) is 0 Å². The van der Waals surface area contributed by atoms with E-state index in [0.717, 1.165) is 6.42 Å². The van der Waals surface area contributed by atoms with E-state index in [1.54, 1.807) is 4.90 Å². The molecule has 1 saturated heterocycles. The summed E-state index contributed by atoms with van der Waals surface area (Å²) >= 11 is 3.27. The number of hydrogen-bond acceptors (Lipinski definition) is 3. The van der Waals surface area contributed by atoms with Crippen molar-refractivity contribution in [3.63, 3.8) is 0 Å². The molecule has 19 heavy (non-hydrogen) atoms. The molecule has 1 aromatic rings. The van der Waals surface area contributed by atoms with E-state index in [4.69, 9.17) is 10.7 Å². The number of carbonyl (C=O) groups excluding carboxylic acids is 1. The van der Waals surface area contributed by atoms with Gasteiger partial charge < -0.3 is 4.90 Å². The molecule has 1 amide bonds. The smallest absolute Gasteiger partial charge is 0.261 e. The van der Waals surface area contributed by atoms with Crippen LogP contribution >= 0.6 is 26.6 Å².